The van der Waals surface area contributed by atoms with Crippen LogP contribution in [0.15, 0.2) is 24.7 Å². The normalized spacial score (nSPS) is 23.3. The van der Waals surface area contributed by atoms with Gasteiger partial charge in [0.2, 0.25) is 0 Å². The SMILES string of the molecule is C[C@@H]1Cc2ncnc(N3CCC(O)(C4CC4)CC3)c2CN1c1cc(Cl)nc2[nH]ccc12. The van der Waals surface area contributed by atoms with Gasteiger partial charge in [0.05, 0.1) is 17.0 Å². The molecule has 0 aromatic carbocycles. The van der Waals surface area contributed by atoms with Crippen LogP contribution >= 0.6 is 11.6 Å². The Morgan fingerprint density at radius 1 is 1.23 bits per heavy atom. The molecule has 8 heteroatoms. The van der Waals surface area contributed by atoms with Crippen LogP contribution in [0.3, 0.4) is 0 Å². The van der Waals surface area contributed by atoms with E-state index in [0.29, 0.717) is 11.1 Å². The number of nitrogens with one attached hydrogen (secondary N) is 1. The van der Waals surface area contributed by atoms with Gasteiger partial charge in [0.25, 0.3) is 0 Å². The molecule has 0 unspecified atom stereocenters. The highest BCUT2D eigenvalue weighted by atomic mass is 35.5. The Hall–Kier alpha value is -2.38. The summed E-state index contributed by atoms with van der Waals surface area (Å²) in [7, 11) is 0. The minimum absolute atomic E-state index is 0.285. The number of aromatic nitrogens is 4. The maximum absolute atomic E-state index is 11.0. The molecule has 31 heavy (non-hydrogen) atoms. The van der Waals surface area contributed by atoms with Crippen molar-refractivity contribution >= 4 is 34.1 Å². The van der Waals surface area contributed by atoms with Crippen molar-refractivity contribution < 1.29 is 5.11 Å². The second-order valence-corrected chi connectivity index (χ2v) is 9.76. The molecule has 1 saturated carbocycles. The smallest absolute Gasteiger partial charge is 0.141 e. The van der Waals surface area contributed by atoms with Gasteiger partial charge < -0.3 is 19.9 Å². The van der Waals surface area contributed by atoms with E-state index in [1.165, 1.54) is 18.4 Å². The van der Waals surface area contributed by atoms with Crippen molar-refractivity contribution in [1.29, 1.82) is 0 Å². The number of pyridine rings is 1. The summed E-state index contributed by atoms with van der Waals surface area (Å²) in [5, 5.41) is 12.5. The molecular formula is C23H27ClN6O. The van der Waals surface area contributed by atoms with Gasteiger partial charge in [0.15, 0.2) is 0 Å². The molecule has 3 aromatic heterocycles. The fourth-order valence-electron chi connectivity index (χ4n) is 5.45. The van der Waals surface area contributed by atoms with Crippen LogP contribution in [-0.4, -0.2) is 49.8 Å². The van der Waals surface area contributed by atoms with Crippen LogP contribution in [0.25, 0.3) is 11.0 Å². The zero-order chi connectivity index (χ0) is 21.2. The number of anilines is 2. The fourth-order valence-corrected chi connectivity index (χ4v) is 5.64. The molecule has 3 aromatic rings. The molecule has 0 spiro atoms. The summed E-state index contributed by atoms with van der Waals surface area (Å²) in [6.45, 7) is 4.65. The zero-order valence-electron chi connectivity index (χ0n) is 17.7. The summed E-state index contributed by atoms with van der Waals surface area (Å²) in [6, 6.07) is 4.30. The fraction of sp³-hybridized carbons (Fsp3) is 0.522. The molecule has 1 aliphatic carbocycles. The molecule has 5 heterocycles. The van der Waals surface area contributed by atoms with Gasteiger partial charge in [-0.1, -0.05) is 11.6 Å². The summed E-state index contributed by atoms with van der Waals surface area (Å²) in [5.74, 6) is 1.52. The van der Waals surface area contributed by atoms with Crippen molar-refractivity contribution in [2.24, 2.45) is 5.92 Å². The van der Waals surface area contributed by atoms with E-state index in [1.54, 1.807) is 6.33 Å². The van der Waals surface area contributed by atoms with Crippen molar-refractivity contribution in [3.8, 4) is 0 Å². The lowest BCUT2D eigenvalue weighted by Crippen LogP contribution is -2.47. The lowest BCUT2D eigenvalue weighted by molar-refractivity contribution is -0.00544. The number of fused-ring (bicyclic) bond motifs is 2. The van der Waals surface area contributed by atoms with Gasteiger partial charge in [-0.05, 0) is 50.7 Å². The van der Waals surface area contributed by atoms with E-state index in [9.17, 15) is 5.11 Å². The predicted molar refractivity (Wildman–Crippen MR) is 122 cm³/mol. The quantitative estimate of drug-likeness (QED) is 0.607. The average Bonchev–Trinajstić information content (AvgIpc) is 3.52. The van der Waals surface area contributed by atoms with Crippen molar-refractivity contribution in [3.63, 3.8) is 0 Å². The molecular weight excluding hydrogens is 412 g/mol. The number of piperidine rings is 1. The summed E-state index contributed by atoms with van der Waals surface area (Å²) in [5.41, 5.74) is 3.74. The number of rotatable bonds is 3. The van der Waals surface area contributed by atoms with Gasteiger partial charge >= 0.3 is 0 Å². The van der Waals surface area contributed by atoms with Gasteiger partial charge in [-0.25, -0.2) is 15.0 Å². The Morgan fingerprint density at radius 2 is 2.03 bits per heavy atom. The van der Waals surface area contributed by atoms with Crippen molar-refractivity contribution in [3.05, 3.63) is 41.1 Å². The summed E-state index contributed by atoms with van der Waals surface area (Å²) >= 11 is 6.34. The second kappa shape index (κ2) is 7.07. The first-order valence-corrected chi connectivity index (χ1v) is 11.6. The Kier molecular flexibility index (Phi) is 4.40. The number of H-pyrrole nitrogens is 1. The summed E-state index contributed by atoms with van der Waals surface area (Å²) in [6.07, 6.45) is 8.45. The van der Waals surface area contributed by atoms with Crippen LogP contribution in [0, 0.1) is 5.92 Å². The summed E-state index contributed by atoms with van der Waals surface area (Å²) in [4.78, 5) is 21.7. The van der Waals surface area contributed by atoms with Crippen LogP contribution in [-0.2, 0) is 13.0 Å². The predicted octanol–water partition coefficient (Wildman–Crippen LogP) is 3.70. The van der Waals surface area contributed by atoms with Gasteiger partial charge in [-0.3, -0.25) is 0 Å². The van der Waals surface area contributed by atoms with E-state index in [-0.39, 0.29) is 6.04 Å². The molecule has 0 amide bonds. The van der Waals surface area contributed by atoms with E-state index in [2.05, 4.69) is 37.7 Å². The number of aliphatic hydroxyl groups is 1. The topological polar surface area (TPSA) is 81.2 Å². The first-order valence-electron chi connectivity index (χ1n) is 11.2. The van der Waals surface area contributed by atoms with Gasteiger partial charge in [0, 0.05) is 49.2 Å². The first kappa shape index (κ1) is 19.3. The second-order valence-electron chi connectivity index (χ2n) is 9.37. The third-order valence-electron chi connectivity index (χ3n) is 7.41. The average molecular weight is 439 g/mol. The first-order chi connectivity index (χ1) is 15.0. The number of nitrogens with zero attached hydrogens (tertiary/aromatic N) is 5. The highest BCUT2D eigenvalue weighted by molar-refractivity contribution is 6.30. The maximum atomic E-state index is 11.0. The minimum atomic E-state index is -0.474. The Bertz CT molecular complexity index is 1130. The maximum Gasteiger partial charge on any atom is 0.141 e. The summed E-state index contributed by atoms with van der Waals surface area (Å²) < 4.78 is 0. The van der Waals surface area contributed by atoms with Gasteiger partial charge in [-0.15, -0.1) is 0 Å². The Morgan fingerprint density at radius 3 is 2.81 bits per heavy atom. The van der Waals surface area contributed by atoms with Crippen molar-refractivity contribution in [2.45, 2.75) is 57.2 Å². The number of hydrogen-bond donors (Lipinski definition) is 2. The van der Waals surface area contributed by atoms with E-state index >= 15 is 0 Å². The lowest BCUT2D eigenvalue weighted by atomic mass is 9.86. The Labute approximate surface area is 186 Å². The lowest BCUT2D eigenvalue weighted by Gasteiger charge is -2.42. The highest BCUT2D eigenvalue weighted by Gasteiger charge is 2.45. The van der Waals surface area contributed by atoms with Crippen LogP contribution in [0.4, 0.5) is 11.5 Å². The largest absolute Gasteiger partial charge is 0.389 e. The van der Waals surface area contributed by atoms with Gasteiger partial charge in [0.1, 0.15) is 22.9 Å². The molecule has 162 valence electrons. The van der Waals surface area contributed by atoms with E-state index in [4.69, 9.17) is 16.6 Å². The number of halogens is 1. The highest BCUT2D eigenvalue weighted by Crippen LogP contribution is 2.46. The molecule has 2 aliphatic heterocycles. The van der Waals surface area contributed by atoms with Crippen molar-refractivity contribution in [1.82, 2.24) is 19.9 Å². The molecule has 1 saturated heterocycles. The van der Waals surface area contributed by atoms with E-state index < -0.39 is 5.60 Å². The van der Waals surface area contributed by atoms with E-state index in [0.717, 1.165) is 67.1 Å². The molecule has 0 radical (unpaired) electrons. The standard InChI is InChI=1S/C23H27ClN6O/c1-14-10-18-17(12-30(14)19-11-20(24)28-21-16(19)4-7-25-21)22(27-13-26-18)29-8-5-23(31,6-9-29)15-2-3-15/h4,7,11,13-15,31H,2-3,5-6,8-10,12H2,1H3,(H,25,28)/t14-/m1/s1. The molecule has 7 nitrogen and oxygen atoms in total. The molecule has 1 atom stereocenters. The minimum Gasteiger partial charge on any atom is -0.389 e. The molecule has 6 rings (SSSR count). The third-order valence-corrected chi connectivity index (χ3v) is 7.61. The monoisotopic (exact) mass is 438 g/mol. The number of aromatic amines is 1. The molecule has 0 bridgehead atoms. The third kappa shape index (κ3) is 3.26. The van der Waals surface area contributed by atoms with Crippen molar-refractivity contribution in [2.75, 3.05) is 22.9 Å². The van der Waals surface area contributed by atoms with Crippen LogP contribution < -0.4 is 9.80 Å². The number of hydrogen-bond acceptors (Lipinski definition) is 6. The molecule has 2 fully saturated rings. The Balaban J connectivity index is 1.33. The van der Waals surface area contributed by atoms with Gasteiger partial charge in [-0.2, -0.15) is 0 Å². The molecule has 2 N–H and O–H groups in total. The van der Waals surface area contributed by atoms with Crippen LogP contribution in [0.5, 0.6) is 0 Å². The van der Waals surface area contributed by atoms with E-state index in [1.807, 2.05) is 12.3 Å². The zero-order valence-corrected chi connectivity index (χ0v) is 18.4. The molecule has 3 aliphatic rings. The van der Waals surface area contributed by atoms with Crippen LogP contribution in [0.1, 0.15) is 43.9 Å². The van der Waals surface area contributed by atoms with Crippen LogP contribution in [0.2, 0.25) is 5.15 Å².